The highest BCUT2D eigenvalue weighted by Crippen LogP contribution is 2.28. The first-order valence-corrected chi connectivity index (χ1v) is 6.65. The lowest BCUT2D eigenvalue weighted by Crippen LogP contribution is -2.37. The molecule has 1 aliphatic rings. The molecule has 1 saturated carbocycles. The lowest BCUT2D eigenvalue weighted by molar-refractivity contribution is 0.0475. The number of hydrogen-bond donors (Lipinski definition) is 2. The summed E-state index contributed by atoms with van der Waals surface area (Å²) in [7, 11) is 0. The summed E-state index contributed by atoms with van der Waals surface area (Å²) >= 11 is 6.07. The highest BCUT2D eigenvalue weighted by Gasteiger charge is 2.30. The van der Waals surface area contributed by atoms with Crippen molar-refractivity contribution >= 4 is 11.6 Å². The third-order valence-corrected chi connectivity index (χ3v) is 3.96. The Morgan fingerprint density at radius 2 is 2.06 bits per heavy atom. The van der Waals surface area contributed by atoms with Crippen LogP contribution >= 0.6 is 11.6 Å². The molecule has 2 N–H and O–H groups in total. The zero-order valence-electron chi connectivity index (χ0n) is 10.3. The van der Waals surface area contributed by atoms with Crippen LogP contribution in [-0.2, 0) is 6.54 Å². The van der Waals surface area contributed by atoms with Crippen LogP contribution in [0.25, 0.3) is 0 Å². The van der Waals surface area contributed by atoms with Crippen LogP contribution in [0.4, 0.5) is 0 Å². The number of halogens is 1. The highest BCUT2D eigenvalue weighted by atomic mass is 35.5. The summed E-state index contributed by atoms with van der Waals surface area (Å²) in [6.07, 6.45) is 4.15. The molecular weight excluding hydrogens is 234 g/mol. The molecule has 1 fully saturated rings. The predicted molar refractivity (Wildman–Crippen MR) is 71.3 cm³/mol. The summed E-state index contributed by atoms with van der Waals surface area (Å²) in [5.74, 6) is 0. The first-order valence-electron chi connectivity index (χ1n) is 6.27. The van der Waals surface area contributed by atoms with Gasteiger partial charge >= 0.3 is 0 Å². The van der Waals surface area contributed by atoms with Crippen molar-refractivity contribution in [3.05, 3.63) is 34.3 Å². The van der Waals surface area contributed by atoms with Crippen LogP contribution in [0.1, 0.15) is 36.8 Å². The second kappa shape index (κ2) is 5.38. The molecule has 17 heavy (non-hydrogen) atoms. The van der Waals surface area contributed by atoms with Crippen molar-refractivity contribution in [1.82, 2.24) is 5.32 Å². The Kier molecular flexibility index (Phi) is 4.08. The lowest BCUT2D eigenvalue weighted by atomic mass is 10.0. The molecule has 0 atom stereocenters. The van der Waals surface area contributed by atoms with Crippen molar-refractivity contribution in [2.45, 2.75) is 44.8 Å². The molecule has 0 bridgehead atoms. The van der Waals surface area contributed by atoms with Crippen molar-refractivity contribution in [2.24, 2.45) is 0 Å². The third-order valence-electron chi connectivity index (χ3n) is 3.55. The lowest BCUT2D eigenvalue weighted by Gasteiger charge is -2.22. The highest BCUT2D eigenvalue weighted by molar-refractivity contribution is 6.31. The van der Waals surface area contributed by atoms with Gasteiger partial charge < -0.3 is 10.4 Å². The van der Waals surface area contributed by atoms with Crippen LogP contribution in [0.15, 0.2) is 18.2 Å². The van der Waals surface area contributed by atoms with Gasteiger partial charge in [0.1, 0.15) is 0 Å². The van der Waals surface area contributed by atoms with Gasteiger partial charge in [0.05, 0.1) is 5.60 Å². The fourth-order valence-corrected chi connectivity index (χ4v) is 2.60. The zero-order valence-corrected chi connectivity index (χ0v) is 11.1. The molecule has 1 aromatic carbocycles. The molecule has 0 spiro atoms. The van der Waals surface area contributed by atoms with Gasteiger partial charge in [0.2, 0.25) is 0 Å². The van der Waals surface area contributed by atoms with Gasteiger partial charge in [-0.3, -0.25) is 0 Å². The molecule has 2 rings (SSSR count). The molecule has 0 aliphatic heterocycles. The van der Waals surface area contributed by atoms with Gasteiger partial charge in [-0.1, -0.05) is 36.6 Å². The van der Waals surface area contributed by atoms with Crippen molar-refractivity contribution in [3.63, 3.8) is 0 Å². The maximum Gasteiger partial charge on any atom is 0.0771 e. The smallest absolute Gasteiger partial charge is 0.0771 e. The molecule has 0 heterocycles. The van der Waals surface area contributed by atoms with E-state index in [1.165, 1.54) is 5.56 Å². The van der Waals surface area contributed by atoms with E-state index >= 15 is 0 Å². The van der Waals surface area contributed by atoms with E-state index in [1.54, 1.807) is 0 Å². The summed E-state index contributed by atoms with van der Waals surface area (Å²) in [5.41, 5.74) is 1.79. The van der Waals surface area contributed by atoms with E-state index in [0.717, 1.165) is 42.8 Å². The van der Waals surface area contributed by atoms with Crippen LogP contribution in [0, 0.1) is 6.92 Å². The minimum atomic E-state index is -0.478. The first-order chi connectivity index (χ1) is 8.09. The number of benzene rings is 1. The summed E-state index contributed by atoms with van der Waals surface area (Å²) in [6.45, 7) is 3.45. The molecule has 0 aromatic heterocycles. The molecule has 1 aromatic rings. The van der Waals surface area contributed by atoms with E-state index in [9.17, 15) is 5.11 Å². The van der Waals surface area contributed by atoms with Gasteiger partial charge in [0.25, 0.3) is 0 Å². The monoisotopic (exact) mass is 253 g/mol. The van der Waals surface area contributed by atoms with Crippen molar-refractivity contribution in [1.29, 1.82) is 0 Å². The van der Waals surface area contributed by atoms with E-state index in [4.69, 9.17) is 11.6 Å². The quantitative estimate of drug-likeness (QED) is 0.865. The van der Waals surface area contributed by atoms with Gasteiger partial charge in [-0.05, 0) is 37.0 Å². The first kappa shape index (κ1) is 12.9. The number of rotatable bonds is 4. The molecule has 0 radical (unpaired) electrons. The third kappa shape index (κ3) is 3.44. The van der Waals surface area contributed by atoms with E-state index < -0.39 is 5.60 Å². The van der Waals surface area contributed by atoms with Gasteiger partial charge in [0, 0.05) is 18.1 Å². The topological polar surface area (TPSA) is 32.3 Å². The fraction of sp³-hybridized carbons (Fsp3) is 0.571. The summed E-state index contributed by atoms with van der Waals surface area (Å²) < 4.78 is 0. The predicted octanol–water partition coefficient (Wildman–Crippen LogP) is 3.04. The molecule has 2 nitrogen and oxygen atoms in total. The van der Waals surface area contributed by atoms with Gasteiger partial charge in [-0.2, -0.15) is 0 Å². The van der Waals surface area contributed by atoms with Crippen LogP contribution in [0.2, 0.25) is 5.02 Å². The van der Waals surface area contributed by atoms with Gasteiger partial charge in [0.15, 0.2) is 0 Å². The van der Waals surface area contributed by atoms with Gasteiger partial charge in [-0.15, -0.1) is 0 Å². The molecule has 1 aliphatic carbocycles. The average Bonchev–Trinajstić information content (AvgIpc) is 2.71. The summed E-state index contributed by atoms with van der Waals surface area (Å²) in [6, 6.07) is 6.10. The van der Waals surface area contributed by atoms with E-state index in [2.05, 4.69) is 11.4 Å². The van der Waals surface area contributed by atoms with Crippen LogP contribution < -0.4 is 5.32 Å². The average molecular weight is 254 g/mol. The van der Waals surface area contributed by atoms with E-state index in [1.807, 2.05) is 19.1 Å². The normalized spacial score (nSPS) is 18.5. The number of aryl methyl sites for hydroxylation is 1. The van der Waals surface area contributed by atoms with Crippen molar-refractivity contribution < 1.29 is 5.11 Å². The fourth-order valence-electron chi connectivity index (χ4n) is 2.40. The van der Waals surface area contributed by atoms with Crippen LogP contribution in [0.5, 0.6) is 0 Å². The maximum absolute atomic E-state index is 10.2. The standard InChI is InChI=1S/C14H20ClNO/c1-11-4-5-12(8-13(11)15)9-16-10-14(17)6-2-3-7-14/h4-5,8,16-17H,2-3,6-7,9-10H2,1H3. The zero-order chi connectivity index (χ0) is 12.3. The van der Waals surface area contributed by atoms with Crippen LogP contribution in [-0.4, -0.2) is 17.3 Å². The summed E-state index contributed by atoms with van der Waals surface area (Å²) in [5, 5.41) is 14.3. The molecule has 0 amide bonds. The number of aliphatic hydroxyl groups is 1. The molecule has 94 valence electrons. The molecule has 0 unspecified atom stereocenters. The molecule has 0 saturated heterocycles. The second-order valence-electron chi connectivity index (χ2n) is 5.12. The minimum Gasteiger partial charge on any atom is -0.389 e. The molecule has 3 heteroatoms. The Balaban J connectivity index is 1.83. The van der Waals surface area contributed by atoms with E-state index in [0.29, 0.717) is 6.54 Å². The Morgan fingerprint density at radius 1 is 1.35 bits per heavy atom. The Morgan fingerprint density at radius 3 is 2.71 bits per heavy atom. The van der Waals surface area contributed by atoms with Gasteiger partial charge in [-0.25, -0.2) is 0 Å². The largest absolute Gasteiger partial charge is 0.389 e. The SMILES string of the molecule is Cc1ccc(CNCC2(O)CCCC2)cc1Cl. The Labute approximate surface area is 108 Å². The Bertz CT molecular complexity index is 386. The minimum absolute atomic E-state index is 0.478. The van der Waals surface area contributed by atoms with Crippen LogP contribution in [0.3, 0.4) is 0 Å². The molecular formula is C14H20ClNO. The summed E-state index contributed by atoms with van der Waals surface area (Å²) in [4.78, 5) is 0. The van der Waals surface area contributed by atoms with E-state index in [-0.39, 0.29) is 0 Å². The van der Waals surface area contributed by atoms with Crippen molar-refractivity contribution in [2.75, 3.05) is 6.54 Å². The van der Waals surface area contributed by atoms with Crippen molar-refractivity contribution in [3.8, 4) is 0 Å². The second-order valence-corrected chi connectivity index (χ2v) is 5.53. The number of nitrogens with one attached hydrogen (secondary N) is 1. The number of hydrogen-bond acceptors (Lipinski definition) is 2. The Hall–Kier alpha value is -0.570. The maximum atomic E-state index is 10.2.